The Kier molecular flexibility index (Phi) is 4.23. The van der Waals surface area contributed by atoms with Crippen LogP contribution >= 0.6 is 0 Å². The number of hydrogen-bond acceptors (Lipinski definition) is 5. The van der Waals surface area contributed by atoms with Crippen molar-refractivity contribution in [3.8, 4) is 0 Å². The van der Waals surface area contributed by atoms with Gasteiger partial charge in [0, 0.05) is 28.0 Å². The zero-order chi connectivity index (χ0) is 20.0. The van der Waals surface area contributed by atoms with Gasteiger partial charge in [0.25, 0.3) is 0 Å². The number of esters is 1. The number of fused-ring (bicyclic) bond motifs is 3. The molecule has 2 aromatic heterocycles. The topological polar surface area (TPSA) is 69.7 Å². The summed E-state index contributed by atoms with van der Waals surface area (Å²) in [5, 5.41) is 1.75. The smallest absolute Gasteiger partial charge is 0.336 e. The van der Waals surface area contributed by atoms with E-state index in [1.807, 2.05) is 31.2 Å². The van der Waals surface area contributed by atoms with Crippen molar-refractivity contribution in [3.63, 3.8) is 0 Å². The van der Waals surface area contributed by atoms with E-state index in [4.69, 9.17) is 13.6 Å². The Morgan fingerprint density at radius 2 is 1.83 bits per heavy atom. The van der Waals surface area contributed by atoms with Gasteiger partial charge in [-0.2, -0.15) is 0 Å². The fourth-order valence-corrected chi connectivity index (χ4v) is 4.11. The van der Waals surface area contributed by atoms with E-state index in [1.165, 1.54) is 17.2 Å². The molecule has 0 saturated heterocycles. The number of carbonyl (C=O) groups is 1. The van der Waals surface area contributed by atoms with Crippen LogP contribution in [0, 0.1) is 6.92 Å². The number of aryl methyl sites for hydroxylation is 3. The standard InChI is InChI=1S/C24H20O5/c1-14-5-6-19-17(12-27-21(19)7-14)10-23(25)28-13-18-11-24(26)29-22-9-16-4-2-3-15(16)8-20(18)22/h5-9,11-12H,2-4,10,13H2,1H3. The van der Waals surface area contributed by atoms with E-state index in [2.05, 4.69) is 6.07 Å². The van der Waals surface area contributed by atoms with E-state index < -0.39 is 5.63 Å². The molecule has 4 aromatic rings. The largest absolute Gasteiger partial charge is 0.464 e. The Bertz CT molecular complexity index is 1310. The van der Waals surface area contributed by atoms with Crippen LogP contribution in [0.5, 0.6) is 0 Å². The maximum absolute atomic E-state index is 12.4. The van der Waals surface area contributed by atoms with E-state index in [1.54, 1.807) is 6.26 Å². The summed E-state index contributed by atoms with van der Waals surface area (Å²) in [6.45, 7) is 2.03. The highest BCUT2D eigenvalue weighted by molar-refractivity contribution is 5.86. The van der Waals surface area contributed by atoms with Crippen LogP contribution in [-0.2, 0) is 35.4 Å². The predicted octanol–water partition coefficient (Wildman–Crippen LogP) is 4.62. The number of carbonyl (C=O) groups excluding carboxylic acids is 1. The average Bonchev–Trinajstić information content (AvgIpc) is 3.30. The zero-order valence-electron chi connectivity index (χ0n) is 16.1. The minimum absolute atomic E-state index is 0.0363. The number of rotatable bonds is 4. The molecule has 0 spiro atoms. The number of ether oxygens (including phenoxy) is 1. The molecule has 5 heteroatoms. The first-order valence-electron chi connectivity index (χ1n) is 9.78. The molecule has 5 nitrogen and oxygen atoms in total. The minimum atomic E-state index is -0.433. The van der Waals surface area contributed by atoms with Crippen LogP contribution in [-0.4, -0.2) is 5.97 Å². The Morgan fingerprint density at radius 3 is 2.69 bits per heavy atom. The van der Waals surface area contributed by atoms with E-state index in [0.29, 0.717) is 11.1 Å². The lowest BCUT2D eigenvalue weighted by Gasteiger charge is -2.09. The molecule has 0 N–H and O–H groups in total. The van der Waals surface area contributed by atoms with Gasteiger partial charge in [0.05, 0.1) is 12.7 Å². The molecular formula is C24H20O5. The molecule has 0 radical (unpaired) electrons. The Balaban J connectivity index is 1.37. The zero-order valence-corrected chi connectivity index (χ0v) is 16.1. The monoisotopic (exact) mass is 388 g/mol. The first-order chi connectivity index (χ1) is 14.1. The molecule has 2 heterocycles. The maximum Gasteiger partial charge on any atom is 0.336 e. The van der Waals surface area contributed by atoms with Gasteiger partial charge in [-0.15, -0.1) is 0 Å². The van der Waals surface area contributed by atoms with Gasteiger partial charge in [-0.1, -0.05) is 12.1 Å². The summed E-state index contributed by atoms with van der Waals surface area (Å²) >= 11 is 0. The molecule has 0 unspecified atom stereocenters. The lowest BCUT2D eigenvalue weighted by molar-refractivity contribution is -0.144. The fraction of sp³-hybridized carbons (Fsp3) is 0.250. The average molecular weight is 388 g/mol. The molecule has 0 bridgehead atoms. The second-order valence-corrected chi connectivity index (χ2v) is 7.66. The van der Waals surface area contributed by atoms with Crippen molar-refractivity contribution < 1.29 is 18.4 Å². The summed E-state index contributed by atoms with van der Waals surface area (Å²) in [6.07, 6.45) is 4.85. The second-order valence-electron chi connectivity index (χ2n) is 7.66. The lowest BCUT2D eigenvalue weighted by atomic mass is 10.0. The molecule has 0 amide bonds. The number of furan rings is 1. The van der Waals surface area contributed by atoms with E-state index in [9.17, 15) is 9.59 Å². The first kappa shape index (κ1) is 17.7. The molecule has 0 atom stereocenters. The normalized spacial score (nSPS) is 13.1. The van der Waals surface area contributed by atoms with Gasteiger partial charge in [0.1, 0.15) is 17.8 Å². The summed E-state index contributed by atoms with van der Waals surface area (Å²) in [5.74, 6) is -0.365. The molecular weight excluding hydrogens is 368 g/mol. The van der Waals surface area contributed by atoms with Crippen molar-refractivity contribution in [2.75, 3.05) is 0 Å². The maximum atomic E-state index is 12.4. The van der Waals surface area contributed by atoms with Crippen LogP contribution in [0.2, 0.25) is 0 Å². The second kappa shape index (κ2) is 6.92. The van der Waals surface area contributed by atoms with Crippen molar-refractivity contribution in [2.45, 2.75) is 39.2 Å². The van der Waals surface area contributed by atoms with Gasteiger partial charge in [0.2, 0.25) is 0 Å². The lowest BCUT2D eigenvalue weighted by Crippen LogP contribution is -2.10. The molecule has 146 valence electrons. The van der Waals surface area contributed by atoms with Gasteiger partial charge in [-0.25, -0.2) is 4.79 Å². The molecule has 1 aliphatic carbocycles. The third kappa shape index (κ3) is 3.33. The van der Waals surface area contributed by atoms with Crippen molar-refractivity contribution in [2.24, 2.45) is 0 Å². The molecule has 5 rings (SSSR count). The van der Waals surface area contributed by atoms with Crippen molar-refractivity contribution in [1.82, 2.24) is 0 Å². The third-order valence-corrected chi connectivity index (χ3v) is 5.58. The predicted molar refractivity (Wildman–Crippen MR) is 109 cm³/mol. The Morgan fingerprint density at radius 1 is 1.00 bits per heavy atom. The summed E-state index contributed by atoms with van der Waals surface area (Å²) in [7, 11) is 0. The minimum Gasteiger partial charge on any atom is -0.464 e. The van der Waals surface area contributed by atoms with Crippen LogP contribution in [0.3, 0.4) is 0 Å². The van der Waals surface area contributed by atoms with Gasteiger partial charge >= 0.3 is 11.6 Å². The SMILES string of the molecule is Cc1ccc2c(CC(=O)OCc3cc(=O)oc4cc5c(cc34)CCC5)coc2c1. The van der Waals surface area contributed by atoms with Gasteiger partial charge in [-0.3, -0.25) is 4.79 Å². The van der Waals surface area contributed by atoms with Crippen molar-refractivity contribution in [3.05, 3.63) is 80.9 Å². The molecule has 29 heavy (non-hydrogen) atoms. The van der Waals surface area contributed by atoms with Crippen molar-refractivity contribution in [1.29, 1.82) is 0 Å². The molecule has 2 aromatic carbocycles. The van der Waals surface area contributed by atoms with Crippen LogP contribution in [0.25, 0.3) is 21.9 Å². The Labute approximate surface area is 166 Å². The van der Waals surface area contributed by atoms with Gasteiger partial charge in [-0.05, 0) is 61.1 Å². The molecule has 1 aliphatic rings. The third-order valence-electron chi connectivity index (χ3n) is 5.58. The summed E-state index contributed by atoms with van der Waals surface area (Å²) < 4.78 is 16.4. The summed E-state index contributed by atoms with van der Waals surface area (Å²) in [4.78, 5) is 24.4. The molecule has 0 aliphatic heterocycles. The van der Waals surface area contributed by atoms with E-state index in [0.717, 1.165) is 46.7 Å². The van der Waals surface area contributed by atoms with Crippen LogP contribution in [0.4, 0.5) is 0 Å². The first-order valence-corrected chi connectivity index (χ1v) is 9.78. The van der Waals surface area contributed by atoms with Gasteiger partial charge < -0.3 is 13.6 Å². The van der Waals surface area contributed by atoms with Crippen LogP contribution in [0.15, 0.2) is 56.3 Å². The van der Waals surface area contributed by atoms with Crippen molar-refractivity contribution >= 4 is 27.9 Å². The summed E-state index contributed by atoms with van der Waals surface area (Å²) in [5.41, 5.74) is 5.96. The van der Waals surface area contributed by atoms with Gasteiger partial charge in [0.15, 0.2) is 0 Å². The summed E-state index contributed by atoms with van der Waals surface area (Å²) in [6, 6.07) is 11.3. The quantitative estimate of drug-likeness (QED) is 0.377. The number of benzene rings is 2. The molecule has 0 fully saturated rings. The Hall–Kier alpha value is -3.34. The van der Waals surface area contributed by atoms with Crippen LogP contribution in [0.1, 0.15) is 34.2 Å². The van der Waals surface area contributed by atoms with Crippen LogP contribution < -0.4 is 5.63 Å². The van der Waals surface area contributed by atoms with E-state index >= 15 is 0 Å². The fourth-order valence-electron chi connectivity index (χ4n) is 4.11. The molecule has 0 saturated carbocycles. The highest BCUT2D eigenvalue weighted by Crippen LogP contribution is 2.29. The number of hydrogen-bond donors (Lipinski definition) is 0. The highest BCUT2D eigenvalue weighted by Gasteiger charge is 2.17. The van der Waals surface area contributed by atoms with E-state index in [-0.39, 0.29) is 19.0 Å². The highest BCUT2D eigenvalue weighted by atomic mass is 16.5.